The van der Waals surface area contributed by atoms with Crippen molar-refractivity contribution in [2.24, 2.45) is 5.92 Å². The molecule has 108 valence electrons. The van der Waals surface area contributed by atoms with E-state index in [4.69, 9.17) is 9.84 Å². The molecule has 5 nitrogen and oxygen atoms in total. The van der Waals surface area contributed by atoms with Gasteiger partial charge < -0.3 is 15.2 Å². The molecule has 0 bridgehead atoms. The van der Waals surface area contributed by atoms with Gasteiger partial charge in [0.15, 0.2) is 0 Å². The second-order valence-corrected chi connectivity index (χ2v) is 4.56. The van der Waals surface area contributed by atoms with E-state index in [0.717, 1.165) is 11.3 Å². The Morgan fingerprint density at radius 1 is 1.45 bits per heavy atom. The maximum Gasteiger partial charge on any atom is 0.303 e. The fraction of sp³-hybridized carbons (Fsp3) is 0.333. The first-order valence-electron chi connectivity index (χ1n) is 6.33. The third-order valence-corrected chi connectivity index (χ3v) is 2.67. The first-order valence-corrected chi connectivity index (χ1v) is 6.33. The second kappa shape index (κ2) is 7.99. The van der Waals surface area contributed by atoms with E-state index in [1.54, 1.807) is 20.1 Å². The molecule has 0 aliphatic carbocycles. The Kier molecular flexibility index (Phi) is 6.29. The fourth-order valence-electron chi connectivity index (χ4n) is 1.62. The highest BCUT2D eigenvalue weighted by atomic mass is 16.5. The zero-order valence-corrected chi connectivity index (χ0v) is 11.6. The van der Waals surface area contributed by atoms with Crippen molar-refractivity contribution < 1.29 is 19.4 Å². The lowest BCUT2D eigenvalue weighted by molar-refractivity contribution is -0.138. The zero-order valence-electron chi connectivity index (χ0n) is 11.6. The predicted molar refractivity (Wildman–Crippen MR) is 76.5 cm³/mol. The largest absolute Gasteiger partial charge is 0.497 e. The number of methoxy groups -OCH3 is 1. The monoisotopic (exact) mass is 277 g/mol. The number of carbonyl (C=O) groups is 2. The zero-order chi connectivity index (χ0) is 15.0. The van der Waals surface area contributed by atoms with Crippen LogP contribution in [-0.4, -0.2) is 30.6 Å². The highest BCUT2D eigenvalue weighted by Gasteiger charge is 2.07. The van der Waals surface area contributed by atoms with Crippen LogP contribution < -0.4 is 10.1 Å². The molecule has 1 amide bonds. The maximum atomic E-state index is 11.6. The van der Waals surface area contributed by atoms with Crippen LogP contribution in [0.4, 0.5) is 0 Å². The number of benzene rings is 1. The van der Waals surface area contributed by atoms with Crippen molar-refractivity contribution in [2.45, 2.75) is 13.3 Å². The van der Waals surface area contributed by atoms with Crippen LogP contribution in [0.15, 0.2) is 30.3 Å². The van der Waals surface area contributed by atoms with Gasteiger partial charge in [-0.2, -0.15) is 0 Å². The van der Waals surface area contributed by atoms with Gasteiger partial charge >= 0.3 is 5.97 Å². The van der Waals surface area contributed by atoms with Gasteiger partial charge in [0.25, 0.3) is 0 Å². The number of carbonyl (C=O) groups excluding carboxylic acids is 1. The SMILES string of the molecule is COc1cccc(/C=C/C(=O)NCC(C)CC(=O)O)c1. The number of ether oxygens (including phenoxy) is 1. The molecule has 0 aliphatic heterocycles. The van der Waals surface area contributed by atoms with Crippen molar-refractivity contribution >= 4 is 18.0 Å². The van der Waals surface area contributed by atoms with Gasteiger partial charge in [-0.1, -0.05) is 19.1 Å². The molecule has 5 heteroatoms. The molecule has 0 saturated carbocycles. The van der Waals surface area contributed by atoms with E-state index in [9.17, 15) is 9.59 Å². The summed E-state index contributed by atoms with van der Waals surface area (Å²) in [5.41, 5.74) is 0.859. The van der Waals surface area contributed by atoms with Crippen LogP contribution in [0.3, 0.4) is 0 Å². The van der Waals surface area contributed by atoms with E-state index >= 15 is 0 Å². The van der Waals surface area contributed by atoms with Gasteiger partial charge in [-0.05, 0) is 29.7 Å². The number of rotatable bonds is 7. The van der Waals surface area contributed by atoms with E-state index in [1.807, 2.05) is 24.3 Å². The number of carboxylic acid groups (broad SMARTS) is 1. The average molecular weight is 277 g/mol. The third-order valence-electron chi connectivity index (χ3n) is 2.67. The topological polar surface area (TPSA) is 75.6 Å². The Morgan fingerprint density at radius 3 is 2.85 bits per heavy atom. The first-order chi connectivity index (χ1) is 9.51. The number of hydrogen-bond acceptors (Lipinski definition) is 3. The van der Waals surface area contributed by atoms with Gasteiger partial charge in [0.1, 0.15) is 5.75 Å². The number of aliphatic carboxylic acids is 1. The fourth-order valence-corrected chi connectivity index (χ4v) is 1.62. The smallest absolute Gasteiger partial charge is 0.303 e. The number of amides is 1. The van der Waals surface area contributed by atoms with Crippen LogP contribution in [0.25, 0.3) is 6.08 Å². The van der Waals surface area contributed by atoms with Gasteiger partial charge in [0.05, 0.1) is 7.11 Å². The summed E-state index contributed by atoms with van der Waals surface area (Å²) < 4.78 is 5.09. The lowest BCUT2D eigenvalue weighted by atomic mass is 10.1. The van der Waals surface area contributed by atoms with Gasteiger partial charge in [-0.3, -0.25) is 9.59 Å². The van der Waals surface area contributed by atoms with Crippen molar-refractivity contribution in [3.05, 3.63) is 35.9 Å². The van der Waals surface area contributed by atoms with E-state index in [2.05, 4.69) is 5.32 Å². The Hall–Kier alpha value is -2.30. The number of nitrogens with one attached hydrogen (secondary N) is 1. The summed E-state index contributed by atoms with van der Waals surface area (Å²) in [6.07, 6.45) is 3.14. The molecule has 0 aliphatic rings. The van der Waals surface area contributed by atoms with Crippen molar-refractivity contribution in [3.8, 4) is 5.75 Å². The standard InChI is InChI=1S/C15H19NO4/c1-11(8-15(18)19)10-16-14(17)7-6-12-4-3-5-13(9-12)20-2/h3-7,9,11H,8,10H2,1-2H3,(H,16,17)(H,18,19)/b7-6+. The summed E-state index contributed by atoms with van der Waals surface area (Å²) in [7, 11) is 1.58. The minimum atomic E-state index is -0.862. The molecular weight excluding hydrogens is 258 g/mol. The predicted octanol–water partition coefficient (Wildman–Crippen LogP) is 1.94. The molecule has 20 heavy (non-hydrogen) atoms. The van der Waals surface area contributed by atoms with Crippen molar-refractivity contribution in [1.29, 1.82) is 0 Å². The minimum absolute atomic E-state index is 0.0415. The summed E-state index contributed by atoms with van der Waals surface area (Å²) in [5, 5.41) is 11.3. The molecule has 1 unspecified atom stereocenters. The lowest BCUT2D eigenvalue weighted by Gasteiger charge is -2.08. The van der Waals surface area contributed by atoms with Gasteiger partial charge in [-0.25, -0.2) is 0 Å². The van der Waals surface area contributed by atoms with E-state index < -0.39 is 5.97 Å². The van der Waals surface area contributed by atoms with E-state index in [-0.39, 0.29) is 18.2 Å². The molecular formula is C15H19NO4. The quantitative estimate of drug-likeness (QED) is 0.747. The molecule has 0 heterocycles. The molecule has 0 saturated heterocycles. The Labute approximate surface area is 118 Å². The summed E-state index contributed by atoms with van der Waals surface area (Å²) >= 11 is 0. The molecule has 1 aromatic rings. The van der Waals surface area contributed by atoms with Gasteiger partial charge in [0, 0.05) is 19.0 Å². The van der Waals surface area contributed by atoms with Crippen LogP contribution in [0.1, 0.15) is 18.9 Å². The van der Waals surface area contributed by atoms with Crippen LogP contribution in [0.2, 0.25) is 0 Å². The van der Waals surface area contributed by atoms with Crippen LogP contribution in [0.5, 0.6) is 5.75 Å². The van der Waals surface area contributed by atoms with Gasteiger partial charge in [0.2, 0.25) is 5.91 Å². The molecule has 0 fully saturated rings. The summed E-state index contributed by atoms with van der Waals surface area (Å²) in [6, 6.07) is 7.34. The van der Waals surface area contributed by atoms with E-state index in [0.29, 0.717) is 6.54 Å². The average Bonchev–Trinajstić information content (AvgIpc) is 2.42. The molecule has 2 N–H and O–H groups in total. The lowest BCUT2D eigenvalue weighted by Crippen LogP contribution is -2.27. The first kappa shape index (κ1) is 15.8. The second-order valence-electron chi connectivity index (χ2n) is 4.56. The molecule has 0 spiro atoms. The number of carboxylic acids is 1. The van der Waals surface area contributed by atoms with Crippen molar-refractivity contribution in [1.82, 2.24) is 5.32 Å². The van der Waals surface area contributed by atoms with Crippen LogP contribution in [0, 0.1) is 5.92 Å². The van der Waals surface area contributed by atoms with Crippen molar-refractivity contribution in [3.63, 3.8) is 0 Å². The number of hydrogen-bond donors (Lipinski definition) is 2. The molecule has 1 rings (SSSR count). The Balaban J connectivity index is 2.45. The molecule has 0 aromatic heterocycles. The van der Waals surface area contributed by atoms with Crippen LogP contribution >= 0.6 is 0 Å². The summed E-state index contributed by atoms with van der Waals surface area (Å²) in [4.78, 5) is 22.1. The van der Waals surface area contributed by atoms with Crippen molar-refractivity contribution in [2.75, 3.05) is 13.7 Å². The van der Waals surface area contributed by atoms with Gasteiger partial charge in [-0.15, -0.1) is 0 Å². The Morgan fingerprint density at radius 2 is 2.20 bits per heavy atom. The van der Waals surface area contributed by atoms with E-state index in [1.165, 1.54) is 6.08 Å². The highest BCUT2D eigenvalue weighted by molar-refractivity contribution is 5.91. The maximum absolute atomic E-state index is 11.6. The van der Waals surface area contributed by atoms with Crippen LogP contribution in [-0.2, 0) is 9.59 Å². The molecule has 1 aromatic carbocycles. The molecule has 0 radical (unpaired) electrons. The highest BCUT2D eigenvalue weighted by Crippen LogP contribution is 2.13. The minimum Gasteiger partial charge on any atom is -0.497 e. The Bertz CT molecular complexity index is 496. The third kappa shape index (κ3) is 6.04. The normalized spacial score (nSPS) is 12.1. The molecule has 1 atom stereocenters. The summed E-state index contributed by atoms with van der Waals surface area (Å²) in [6.45, 7) is 2.12. The summed E-state index contributed by atoms with van der Waals surface area (Å²) in [5.74, 6) is -0.479.